The van der Waals surface area contributed by atoms with Crippen LogP contribution in [0.3, 0.4) is 0 Å². The third kappa shape index (κ3) is 8.72. The summed E-state index contributed by atoms with van der Waals surface area (Å²) in [6, 6.07) is -3.02. The van der Waals surface area contributed by atoms with Crippen molar-refractivity contribution < 1.29 is 109 Å². The Morgan fingerprint density at radius 3 is 1.35 bits per heavy atom. The fourth-order valence-electron chi connectivity index (χ4n) is 6.98. The second kappa shape index (κ2) is 18.3. The maximum absolute atomic E-state index is 11.2. The average molecular weight is 795 g/mol. The zero-order chi connectivity index (χ0) is 39.9. The fraction of sp³-hybridized carbons (Fsp3) is 1.00. The molecule has 0 aromatic rings. The summed E-state index contributed by atoms with van der Waals surface area (Å²) in [5, 5.41) is 136. The van der Waals surface area contributed by atoms with Gasteiger partial charge in [-0.3, -0.25) is 0 Å². The second-order valence-electron chi connectivity index (χ2n) is 14.1. The predicted molar refractivity (Wildman–Crippen MR) is 168 cm³/mol. The Morgan fingerprint density at radius 1 is 0.389 bits per heavy atom. The first-order chi connectivity index (χ1) is 25.4. The number of nitrogens with two attached hydrogens (primary N) is 2. The van der Waals surface area contributed by atoms with Crippen molar-refractivity contribution in [3.05, 3.63) is 0 Å². The minimum atomic E-state index is -1.96. The first kappa shape index (κ1) is 44.1. The quantitative estimate of drug-likeness (QED) is 0.0923. The van der Waals surface area contributed by atoms with Gasteiger partial charge in [0.2, 0.25) is 0 Å². The van der Waals surface area contributed by atoms with Crippen LogP contribution < -0.4 is 11.5 Å². The Labute approximate surface area is 307 Å². The molecule has 0 aliphatic carbocycles. The smallest absolute Gasteiger partial charge is 0.187 e. The molecule has 5 fully saturated rings. The van der Waals surface area contributed by atoms with Gasteiger partial charge in [-0.25, -0.2) is 0 Å². The van der Waals surface area contributed by atoms with Gasteiger partial charge in [-0.1, -0.05) is 0 Å². The van der Waals surface area contributed by atoms with Crippen LogP contribution in [0.2, 0.25) is 0 Å². The molecule has 17 N–H and O–H groups in total. The molecule has 25 atom stereocenters. The Bertz CT molecular complexity index is 1180. The molecule has 5 saturated heterocycles. The molecule has 5 heterocycles. The minimum Gasteiger partial charge on any atom is -0.394 e. The molecule has 15 unspecified atom stereocenters. The lowest BCUT2D eigenvalue weighted by atomic mass is 9.94. The van der Waals surface area contributed by atoms with Gasteiger partial charge in [0.15, 0.2) is 31.5 Å². The zero-order valence-electron chi connectivity index (χ0n) is 29.2. The lowest BCUT2D eigenvalue weighted by Crippen LogP contribution is -2.71. The van der Waals surface area contributed by atoms with Crippen LogP contribution in [-0.2, 0) is 42.6 Å². The van der Waals surface area contributed by atoms with E-state index >= 15 is 0 Å². The molecule has 54 heavy (non-hydrogen) atoms. The van der Waals surface area contributed by atoms with Crippen molar-refractivity contribution in [2.24, 2.45) is 11.5 Å². The van der Waals surface area contributed by atoms with Crippen LogP contribution in [0.25, 0.3) is 0 Å². The van der Waals surface area contributed by atoms with Gasteiger partial charge < -0.3 is 120 Å². The maximum atomic E-state index is 11.2. The van der Waals surface area contributed by atoms with Gasteiger partial charge in [-0.05, 0) is 13.8 Å². The van der Waals surface area contributed by atoms with Gasteiger partial charge in [-0.15, -0.1) is 0 Å². The Hall–Kier alpha value is -0.960. The van der Waals surface area contributed by atoms with Crippen molar-refractivity contribution in [3.63, 3.8) is 0 Å². The highest BCUT2D eigenvalue weighted by Crippen LogP contribution is 2.36. The summed E-state index contributed by atoms with van der Waals surface area (Å²) in [6.45, 7) is 0.173. The Balaban J connectivity index is 1.47. The number of aliphatic hydroxyl groups is 13. The highest BCUT2D eigenvalue weighted by atomic mass is 16.8. The van der Waals surface area contributed by atoms with Crippen molar-refractivity contribution in [2.75, 3.05) is 19.8 Å². The molecule has 0 radical (unpaired) electrons. The molecule has 24 heteroatoms. The van der Waals surface area contributed by atoms with Crippen LogP contribution in [0.4, 0.5) is 0 Å². The van der Waals surface area contributed by atoms with Crippen LogP contribution in [-0.4, -0.2) is 240 Å². The number of hydrogen-bond donors (Lipinski definition) is 15. The van der Waals surface area contributed by atoms with Crippen molar-refractivity contribution >= 4 is 0 Å². The van der Waals surface area contributed by atoms with E-state index in [1.807, 2.05) is 0 Å². The van der Waals surface area contributed by atoms with Crippen LogP contribution in [0.15, 0.2) is 0 Å². The van der Waals surface area contributed by atoms with E-state index < -0.39 is 173 Å². The summed E-state index contributed by atoms with van der Waals surface area (Å²) in [6.07, 6.45) is -38.1. The first-order valence-corrected chi connectivity index (χ1v) is 17.5. The molecule has 0 saturated carbocycles. The topological polar surface area (TPSA) is 398 Å². The van der Waals surface area contributed by atoms with Gasteiger partial charge in [0.1, 0.15) is 97.7 Å². The van der Waals surface area contributed by atoms with Gasteiger partial charge in [0.05, 0.1) is 44.1 Å². The Morgan fingerprint density at radius 2 is 0.833 bits per heavy atom. The van der Waals surface area contributed by atoms with Gasteiger partial charge in [0.25, 0.3) is 0 Å². The first-order valence-electron chi connectivity index (χ1n) is 17.5. The molecule has 0 spiro atoms. The van der Waals surface area contributed by atoms with Gasteiger partial charge >= 0.3 is 0 Å². The summed E-state index contributed by atoms with van der Waals surface area (Å²) in [5.74, 6) is 0. The molecule has 316 valence electrons. The summed E-state index contributed by atoms with van der Waals surface area (Å²) < 4.78 is 51.8. The molecular formula is C30H54N2O22. The van der Waals surface area contributed by atoms with E-state index in [9.17, 15) is 66.4 Å². The van der Waals surface area contributed by atoms with E-state index in [2.05, 4.69) is 0 Å². The lowest BCUT2D eigenvalue weighted by Gasteiger charge is -2.51. The second-order valence-corrected chi connectivity index (χ2v) is 14.1. The summed E-state index contributed by atoms with van der Waals surface area (Å²) in [7, 11) is 0. The molecule has 5 rings (SSSR count). The molecule has 0 amide bonds. The van der Waals surface area contributed by atoms with Gasteiger partial charge in [0, 0.05) is 0 Å². The highest BCUT2D eigenvalue weighted by Gasteiger charge is 2.56. The van der Waals surface area contributed by atoms with Crippen molar-refractivity contribution in [1.29, 1.82) is 0 Å². The summed E-state index contributed by atoms with van der Waals surface area (Å²) >= 11 is 0. The SMILES string of the molecule is CC1O[C@H](O[C@H]2C(O[C@@H]3OC(CO)C(O)[C@H](O)C3OC3OC(C)[C@H](O)C(O)[C@@H]3O)C(CO)O[C@@H](O[C@H]3C(O)C(CO)O[C@@H](O)C3N)C2N)C(O)[C@H](O)C1O. The number of ether oxygens (including phenoxy) is 9. The largest absolute Gasteiger partial charge is 0.394 e. The lowest BCUT2D eigenvalue weighted by molar-refractivity contribution is -0.395. The van der Waals surface area contributed by atoms with E-state index in [0.29, 0.717) is 0 Å². The summed E-state index contributed by atoms with van der Waals surface area (Å²) in [4.78, 5) is 0. The number of hydrogen-bond acceptors (Lipinski definition) is 24. The molecular weight excluding hydrogens is 740 g/mol. The molecule has 5 aliphatic heterocycles. The molecule has 0 aromatic heterocycles. The monoisotopic (exact) mass is 794 g/mol. The van der Waals surface area contributed by atoms with E-state index in [0.717, 1.165) is 0 Å². The van der Waals surface area contributed by atoms with E-state index in [4.69, 9.17) is 54.1 Å². The van der Waals surface area contributed by atoms with E-state index in [-0.39, 0.29) is 0 Å². The maximum Gasteiger partial charge on any atom is 0.187 e. The fourth-order valence-corrected chi connectivity index (χ4v) is 6.98. The average Bonchev–Trinajstić information content (AvgIpc) is 3.15. The number of aliphatic hydroxyl groups excluding tert-OH is 13. The van der Waals surface area contributed by atoms with Crippen molar-refractivity contribution in [1.82, 2.24) is 0 Å². The Kier molecular flexibility index (Phi) is 15.0. The third-order valence-corrected chi connectivity index (χ3v) is 10.4. The molecule has 0 aromatic carbocycles. The molecule has 24 nitrogen and oxygen atoms in total. The highest BCUT2D eigenvalue weighted by molar-refractivity contribution is 5.00. The number of rotatable bonds is 11. The predicted octanol–water partition coefficient (Wildman–Crippen LogP) is -9.94. The van der Waals surface area contributed by atoms with Crippen molar-refractivity contribution in [3.8, 4) is 0 Å². The minimum absolute atomic E-state index is 0.756. The van der Waals surface area contributed by atoms with Crippen molar-refractivity contribution in [2.45, 2.75) is 167 Å². The molecule has 0 bridgehead atoms. The normalized spacial score (nSPS) is 54.7. The van der Waals surface area contributed by atoms with Crippen LogP contribution >= 0.6 is 0 Å². The summed E-state index contributed by atoms with van der Waals surface area (Å²) in [5.41, 5.74) is 12.6. The van der Waals surface area contributed by atoms with E-state index in [1.165, 1.54) is 13.8 Å². The van der Waals surface area contributed by atoms with Crippen LogP contribution in [0, 0.1) is 0 Å². The molecule has 5 aliphatic rings. The van der Waals surface area contributed by atoms with Crippen LogP contribution in [0.1, 0.15) is 13.8 Å². The van der Waals surface area contributed by atoms with Crippen LogP contribution in [0.5, 0.6) is 0 Å². The standard InChI is InChI=1S/C30H54N2O22/c1-6-13(36)17(40)20(43)28(46-6)53-24-12(32)27(52-23-11(31)26(45)48-9(4-34)16(23)39)50-10(5-35)22(24)51-30-25(19(42)15(38)8(3-33)49-30)54-29-21(44)18(41)14(37)7(2)47-29/h6-30,33-45H,3-5,31-32H2,1-2H3/t6?,7?,8?,9?,10?,11?,12?,13?,14-,15?,16?,17+,18?,19-,20?,21-,22?,23+,24+,25?,26+,27-,28+,29?,30-/m0/s1. The van der Waals surface area contributed by atoms with E-state index in [1.54, 1.807) is 0 Å². The third-order valence-electron chi connectivity index (χ3n) is 10.4. The van der Waals surface area contributed by atoms with Gasteiger partial charge in [-0.2, -0.15) is 0 Å². The zero-order valence-corrected chi connectivity index (χ0v) is 29.2.